The smallest absolute Gasteiger partial charge is 0.320 e. The molecular weight excluding hydrogens is 717 g/mol. The Bertz CT molecular complexity index is 2160. The van der Waals surface area contributed by atoms with Crippen molar-refractivity contribution >= 4 is 50.1 Å². The summed E-state index contributed by atoms with van der Waals surface area (Å²) in [5.74, 6) is 2.07. The fraction of sp³-hybridized carbons (Fsp3) is 0.500. The number of hydrogen-bond acceptors (Lipinski definition) is 10. The average Bonchev–Trinajstić information content (AvgIpc) is 4.01. The molecule has 0 unspecified atom stereocenters. The van der Waals surface area contributed by atoms with Crippen LogP contribution < -0.4 is 19.5 Å². The molecule has 7 rings (SSSR count). The van der Waals surface area contributed by atoms with E-state index in [1.807, 2.05) is 37.3 Å². The number of amides is 4. The van der Waals surface area contributed by atoms with Crippen molar-refractivity contribution in [2.24, 2.45) is 5.92 Å². The Labute approximate surface area is 313 Å². The first-order valence-corrected chi connectivity index (χ1v) is 20.3. The van der Waals surface area contributed by atoms with Gasteiger partial charge < -0.3 is 24.6 Å². The molecule has 0 bridgehead atoms. The van der Waals surface area contributed by atoms with E-state index in [0.717, 1.165) is 30.2 Å². The van der Waals surface area contributed by atoms with Crippen molar-refractivity contribution < 1.29 is 32.3 Å². The lowest BCUT2D eigenvalue weighted by Gasteiger charge is -2.40. The molecule has 1 saturated heterocycles. The van der Waals surface area contributed by atoms with Crippen LogP contribution in [-0.4, -0.2) is 95.7 Å². The summed E-state index contributed by atoms with van der Waals surface area (Å²) >= 11 is 1.37. The molecule has 4 atom stereocenters. The van der Waals surface area contributed by atoms with Crippen molar-refractivity contribution in [1.29, 1.82) is 0 Å². The number of ether oxygens (including phenoxy) is 2. The van der Waals surface area contributed by atoms with Crippen molar-refractivity contribution in [3.8, 4) is 34.5 Å². The summed E-state index contributed by atoms with van der Waals surface area (Å²) in [6.07, 6.45) is 13.0. The zero-order valence-electron chi connectivity index (χ0n) is 30.3. The molecule has 13 nitrogen and oxygen atoms in total. The number of pyridine rings is 1. The van der Waals surface area contributed by atoms with E-state index < -0.39 is 44.3 Å². The molecule has 2 aliphatic heterocycles. The molecule has 3 fully saturated rings. The normalized spacial score (nSPS) is 25.7. The van der Waals surface area contributed by atoms with Gasteiger partial charge in [-0.1, -0.05) is 12.2 Å². The number of carbonyl (C=O) groups is 3. The minimum absolute atomic E-state index is 0.132. The van der Waals surface area contributed by atoms with Crippen LogP contribution in [0, 0.1) is 25.2 Å². The molecule has 280 valence electrons. The second-order valence-electron chi connectivity index (χ2n) is 14.7. The summed E-state index contributed by atoms with van der Waals surface area (Å²) in [5, 5.41) is 6.08. The number of fused-ring (bicyclic) bond motifs is 3. The van der Waals surface area contributed by atoms with Gasteiger partial charge in [0.25, 0.3) is 5.91 Å². The van der Waals surface area contributed by atoms with Gasteiger partial charge in [0, 0.05) is 61.3 Å². The summed E-state index contributed by atoms with van der Waals surface area (Å²) < 4.78 is 39.8. The molecule has 2 saturated carbocycles. The van der Waals surface area contributed by atoms with Gasteiger partial charge in [-0.2, -0.15) is 0 Å². The Balaban J connectivity index is 1.21. The first-order valence-electron chi connectivity index (χ1n) is 17.9. The molecule has 4 amide bonds. The molecular formula is C38H44N6O7S2. The number of thiazole rings is 1. The number of benzene rings is 1. The van der Waals surface area contributed by atoms with Crippen molar-refractivity contribution in [1.82, 2.24) is 29.8 Å². The molecule has 0 spiro atoms. The number of allylic oxidation sites excluding steroid dienone is 1. The number of nitrogens with one attached hydrogen (secondary N) is 2. The molecule has 4 heterocycles. The van der Waals surface area contributed by atoms with E-state index in [1.54, 1.807) is 36.3 Å². The molecule has 15 heteroatoms. The number of sulfonamides is 1. The van der Waals surface area contributed by atoms with E-state index in [4.69, 9.17) is 20.9 Å². The molecule has 2 aromatic heterocycles. The lowest BCUT2D eigenvalue weighted by Crippen LogP contribution is -2.61. The van der Waals surface area contributed by atoms with Gasteiger partial charge in [-0.3, -0.25) is 14.3 Å². The van der Waals surface area contributed by atoms with Gasteiger partial charge in [-0.15, -0.1) is 17.8 Å². The maximum atomic E-state index is 14.4. The number of hydrogen-bond donors (Lipinski definition) is 2. The number of piperidine rings is 1. The summed E-state index contributed by atoms with van der Waals surface area (Å²) in [5.41, 5.74) is 1.08. The van der Waals surface area contributed by atoms with Gasteiger partial charge in [0.1, 0.15) is 45.6 Å². The van der Waals surface area contributed by atoms with E-state index >= 15 is 0 Å². The number of methoxy groups -OCH3 is 1. The highest BCUT2D eigenvalue weighted by atomic mass is 32.2. The van der Waals surface area contributed by atoms with Gasteiger partial charge in [-0.05, 0) is 70.4 Å². The topological polar surface area (TPSA) is 160 Å². The van der Waals surface area contributed by atoms with E-state index in [-0.39, 0.29) is 31.3 Å². The van der Waals surface area contributed by atoms with Gasteiger partial charge >= 0.3 is 6.03 Å². The minimum atomic E-state index is -3.95. The fourth-order valence-electron chi connectivity index (χ4n) is 7.21. The standard InChI is InChI=1S/C38H44N6O7S2/c1-6-25-22-52-34(39-25)28-20-31(27-12-13-30(50-5)23(2)32(27)40-28)51-26-14-18-44-29(19-26)33(45)41-38(35(46)42-53(48,49)37(3)15-16-37)21-24(38)11-9-7-8-10-17-43(4)36(44)47/h1,9,11-13,20,22,24,26,29H,7-8,10,14-19,21H2,2-5H3,(H,41,45)(H,42,46)/t24-,26+,29+,38-/m1/s1. The summed E-state index contributed by atoms with van der Waals surface area (Å²) in [6, 6.07) is 4.25. The van der Waals surface area contributed by atoms with Gasteiger partial charge in [-0.25, -0.2) is 23.2 Å². The second kappa shape index (κ2) is 13.9. The summed E-state index contributed by atoms with van der Waals surface area (Å²) in [7, 11) is -0.629. The molecule has 3 aromatic rings. The third-order valence-corrected chi connectivity index (χ3v) is 14.1. The predicted molar refractivity (Wildman–Crippen MR) is 201 cm³/mol. The zero-order chi connectivity index (χ0) is 37.7. The third-order valence-electron chi connectivity index (χ3n) is 11.0. The van der Waals surface area contributed by atoms with Crippen LogP contribution in [0.15, 0.2) is 35.7 Å². The van der Waals surface area contributed by atoms with Crippen LogP contribution in [0.4, 0.5) is 4.79 Å². The zero-order valence-corrected chi connectivity index (χ0v) is 31.9. The lowest BCUT2D eigenvalue weighted by atomic mass is 9.97. The van der Waals surface area contributed by atoms with Crippen LogP contribution in [-0.2, 0) is 19.6 Å². The summed E-state index contributed by atoms with van der Waals surface area (Å²) in [6.45, 7) is 4.27. The van der Waals surface area contributed by atoms with Crippen molar-refractivity contribution in [3.63, 3.8) is 0 Å². The quantitative estimate of drug-likeness (QED) is 0.261. The van der Waals surface area contributed by atoms with Crippen LogP contribution in [0.2, 0.25) is 0 Å². The number of nitrogens with zero attached hydrogens (tertiary/aromatic N) is 4. The van der Waals surface area contributed by atoms with E-state index in [0.29, 0.717) is 59.2 Å². The monoisotopic (exact) mass is 760 g/mol. The third kappa shape index (κ3) is 6.94. The van der Waals surface area contributed by atoms with Crippen LogP contribution in [0.1, 0.15) is 69.5 Å². The summed E-state index contributed by atoms with van der Waals surface area (Å²) in [4.78, 5) is 54.7. The number of urea groups is 1. The maximum absolute atomic E-state index is 14.4. The molecule has 0 radical (unpaired) electrons. The predicted octanol–water partition coefficient (Wildman–Crippen LogP) is 4.53. The lowest BCUT2D eigenvalue weighted by molar-refractivity contribution is -0.133. The Morgan fingerprint density at radius 3 is 2.68 bits per heavy atom. The maximum Gasteiger partial charge on any atom is 0.320 e. The average molecular weight is 761 g/mol. The molecule has 2 aliphatic carbocycles. The molecule has 53 heavy (non-hydrogen) atoms. The number of aryl methyl sites for hydroxylation is 1. The minimum Gasteiger partial charge on any atom is -0.496 e. The van der Waals surface area contributed by atoms with Crippen LogP contribution in [0.3, 0.4) is 0 Å². The van der Waals surface area contributed by atoms with Crippen LogP contribution >= 0.6 is 11.3 Å². The highest BCUT2D eigenvalue weighted by Gasteiger charge is 2.63. The molecule has 2 N–H and O–H groups in total. The molecule has 1 aromatic carbocycles. The fourth-order valence-corrected chi connectivity index (χ4v) is 9.25. The van der Waals surface area contributed by atoms with Crippen LogP contribution in [0.5, 0.6) is 11.5 Å². The highest BCUT2D eigenvalue weighted by Crippen LogP contribution is 2.47. The Morgan fingerprint density at radius 2 is 1.96 bits per heavy atom. The largest absolute Gasteiger partial charge is 0.496 e. The van der Waals surface area contributed by atoms with Gasteiger partial charge in [0.15, 0.2) is 0 Å². The Hall–Kier alpha value is -4.68. The highest BCUT2D eigenvalue weighted by molar-refractivity contribution is 7.91. The van der Waals surface area contributed by atoms with E-state index in [9.17, 15) is 22.8 Å². The number of terminal acetylenes is 1. The van der Waals surface area contributed by atoms with Gasteiger partial charge in [0.2, 0.25) is 15.9 Å². The van der Waals surface area contributed by atoms with Crippen LogP contribution in [0.25, 0.3) is 21.6 Å². The number of carbonyl (C=O) groups excluding carboxylic acids is 3. The van der Waals surface area contributed by atoms with Gasteiger partial charge in [0.05, 0.1) is 17.4 Å². The van der Waals surface area contributed by atoms with Crippen molar-refractivity contribution in [2.45, 2.75) is 87.6 Å². The second-order valence-corrected chi connectivity index (χ2v) is 17.8. The SMILES string of the molecule is C#Cc1csc(-c2cc(O[C@H]3CCN4C(=O)N(C)CCCCC=C[C@@H]5C[C@@]5(C(=O)NS(=O)(=O)C5(C)CC5)NC(=O)[C@@H]4C3)c3ccc(OC)c(C)c3n2)n1. The number of rotatable bonds is 7. The van der Waals surface area contributed by atoms with E-state index in [2.05, 4.69) is 20.9 Å². The Kier molecular flexibility index (Phi) is 9.65. The Morgan fingerprint density at radius 1 is 1.17 bits per heavy atom. The first kappa shape index (κ1) is 36.7. The molecule has 4 aliphatic rings. The first-order chi connectivity index (χ1) is 25.3. The van der Waals surface area contributed by atoms with Crippen molar-refractivity contribution in [3.05, 3.63) is 47.0 Å². The van der Waals surface area contributed by atoms with E-state index in [1.165, 1.54) is 11.3 Å². The van der Waals surface area contributed by atoms with Crippen molar-refractivity contribution in [2.75, 3.05) is 27.2 Å². The number of aromatic nitrogens is 2.